The van der Waals surface area contributed by atoms with Crippen molar-refractivity contribution in [2.45, 2.75) is 24.7 Å². The molecule has 142 valence electrons. The predicted molar refractivity (Wildman–Crippen MR) is 98.1 cm³/mol. The standard InChI is InChI=1S/C16H18N6O4S/c1-2-3-6-27(25,26)9-7-10(15(24)22-16-18-4-5-19-16)12-11(8-9)20-14(21-12)13(17)23/h4-5,7-8H,2-3,6H2,1H3,(H2,17,23)(H,20,21)(H2,18,19,22,24). The van der Waals surface area contributed by atoms with Gasteiger partial charge in [0.05, 0.1) is 21.7 Å². The van der Waals surface area contributed by atoms with Crippen LogP contribution in [-0.4, -0.2) is 45.9 Å². The number of fused-ring (bicyclic) bond motifs is 1. The second kappa shape index (κ2) is 7.19. The molecule has 0 fully saturated rings. The Labute approximate surface area is 154 Å². The highest BCUT2D eigenvalue weighted by molar-refractivity contribution is 7.91. The van der Waals surface area contributed by atoms with Crippen LogP contribution in [0.3, 0.4) is 0 Å². The van der Waals surface area contributed by atoms with Gasteiger partial charge in [0.15, 0.2) is 15.7 Å². The maximum absolute atomic E-state index is 12.7. The van der Waals surface area contributed by atoms with Crippen molar-refractivity contribution in [1.82, 2.24) is 19.9 Å². The largest absolute Gasteiger partial charge is 0.363 e. The highest BCUT2D eigenvalue weighted by Crippen LogP contribution is 2.24. The van der Waals surface area contributed by atoms with Crippen molar-refractivity contribution < 1.29 is 18.0 Å². The molecule has 2 heterocycles. The van der Waals surface area contributed by atoms with E-state index in [0.29, 0.717) is 12.8 Å². The van der Waals surface area contributed by atoms with Crippen LogP contribution < -0.4 is 11.1 Å². The Bertz CT molecular complexity index is 1100. The number of hydrogen-bond acceptors (Lipinski definition) is 6. The second-order valence-corrected chi connectivity index (χ2v) is 7.99. The molecule has 2 amide bonds. The summed E-state index contributed by atoms with van der Waals surface area (Å²) in [5, 5.41) is 2.52. The van der Waals surface area contributed by atoms with Crippen molar-refractivity contribution >= 4 is 38.6 Å². The van der Waals surface area contributed by atoms with E-state index in [9.17, 15) is 18.0 Å². The first-order chi connectivity index (χ1) is 12.8. The van der Waals surface area contributed by atoms with E-state index in [1.165, 1.54) is 24.5 Å². The van der Waals surface area contributed by atoms with Crippen molar-refractivity contribution in [1.29, 1.82) is 0 Å². The van der Waals surface area contributed by atoms with Crippen molar-refractivity contribution in [2.75, 3.05) is 11.1 Å². The number of carbonyl (C=O) groups is 2. The molecule has 27 heavy (non-hydrogen) atoms. The summed E-state index contributed by atoms with van der Waals surface area (Å²) in [6.07, 6.45) is 4.18. The van der Waals surface area contributed by atoms with Gasteiger partial charge in [-0.2, -0.15) is 0 Å². The third-order valence-corrected chi connectivity index (χ3v) is 5.67. The molecule has 0 saturated carbocycles. The zero-order chi connectivity index (χ0) is 19.6. The summed E-state index contributed by atoms with van der Waals surface area (Å²) in [6.45, 7) is 1.88. The Morgan fingerprint density at radius 2 is 2.07 bits per heavy atom. The third-order valence-electron chi connectivity index (χ3n) is 3.89. The second-order valence-electron chi connectivity index (χ2n) is 5.88. The van der Waals surface area contributed by atoms with E-state index in [-0.39, 0.29) is 39.0 Å². The van der Waals surface area contributed by atoms with Crippen molar-refractivity contribution in [3.05, 3.63) is 35.9 Å². The lowest BCUT2D eigenvalue weighted by Gasteiger charge is -2.08. The molecule has 10 nitrogen and oxygen atoms in total. The Hall–Kier alpha value is -3.21. The first-order valence-corrected chi connectivity index (χ1v) is 9.84. The normalized spacial score (nSPS) is 11.6. The molecule has 3 aromatic rings. The quantitative estimate of drug-likeness (QED) is 0.473. The highest BCUT2D eigenvalue weighted by atomic mass is 32.2. The van der Waals surface area contributed by atoms with Crippen LogP contribution in [0.15, 0.2) is 29.4 Å². The lowest BCUT2D eigenvalue weighted by atomic mass is 10.1. The fourth-order valence-corrected chi connectivity index (χ4v) is 4.02. The number of benzene rings is 1. The first kappa shape index (κ1) is 18.6. The molecule has 0 radical (unpaired) electrons. The van der Waals surface area contributed by atoms with Crippen molar-refractivity contribution in [3.63, 3.8) is 0 Å². The summed E-state index contributed by atoms with van der Waals surface area (Å²) in [7, 11) is -3.61. The molecular formula is C16H18N6O4S. The first-order valence-electron chi connectivity index (χ1n) is 8.19. The minimum absolute atomic E-state index is 0.0114. The van der Waals surface area contributed by atoms with Crippen molar-refractivity contribution in [3.8, 4) is 0 Å². The number of rotatable bonds is 7. The third kappa shape index (κ3) is 3.82. The lowest BCUT2D eigenvalue weighted by molar-refractivity contribution is 0.0988. The van der Waals surface area contributed by atoms with Gasteiger partial charge in [-0.05, 0) is 18.6 Å². The predicted octanol–water partition coefficient (Wildman–Crippen LogP) is 1.21. The highest BCUT2D eigenvalue weighted by Gasteiger charge is 2.23. The van der Waals surface area contributed by atoms with Gasteiger partial charge in [-0.1, -0.05) is 13.3 Å². The van der Waals surface area contributed by atoms with Crippen LogP contribution in [0.25, 0.3) is 11.0 Å². The zero-order valence-corrected chi connectivity index (χ0v) is 15.3. The van der Waals surface area contributed by atoms with Crippen LogP contribution in [0.4, 0.5) is 5.95 Å². The maximum atomic E-state index is 12.7. The van der Waals surface area contributed by atoms with Gasteiger partial charge in [-0.25, -0.2) is 18.4 Å². The van der Waals surface area contributed by atoms with Crippen molar-refractivity contribution in [2.24, 2.45) is 5.73 Å². The number of aromatic amines is 2. The number of H-pyrrole nitrogens is 2. The van der Waals surface area contributed by atoms with E-state index in [1.807, 2.05) is 6.92 Å². The fourth-order valence-electron chi connectivity index (χ4n) is 2.52. The van der Waals surface area contributed by atoms with Gasteiger partial charge < -0.3 is 15.7 Å². The van der Waals surface area contributed by atoms with Crippen LogP contribution in [-0.2, 0) is 9.84 Å². The van der Waals surface area contributed by atoms with Crippen LogP contribution in [0.5, 0.6) is 0 Å². The molecule has 5 N–H and O–H groups in total. The molecule has 0 unspecified atom stereocenters. The van der Waals surface area contributed by atoms with E-state index in [4.69, 9.17) is 5.73 Å². The number of hydrogen-bond donors (Lipinski definition) is 4. The van der Waals surface area contributed by atoms with E-state index in [1.54, 1.807) is 0 Å². The van der Waals surface area contributed by atoms with Crippen LogP contribution >= 0.6 is 0 Å². The molecule has 1 aromatic carbocycles. The Morgan fingerprint density at radius 3 is 2.70 bits per heavy atom. The Balaban J connectivity index is 2.13. The molecule has 0 saturated heterocycles. The molecule has 11 heteroatoms. The lowest BCUT2D eigenvalue weighted by Crippen LogP contribution is -2.15. The number of sulfone groups is 1. The molecule has 0 atom stereocenters. The summed E-state index contributed by atoms with van der Waals surface area (Å²) in [5.74, 6) is -1.47. The Kier molecular flexibility index (Phi) is 4.95. The minimum atomic E-state index is -3.61. The topological polar surface area (TPSA) is 164 Å². The van der Waals surface area contributed by atoms with Gasteiger partial charge in [-0.3, -0.25) is 14.9 Å². The fraction of sp³-hybridized carbons (Fsp3) is 0.250. The Morgan fingerprint density at radius 1 is 1.30 bits per heavy atom. The molecule has 3 rings (SSSR count). The number of nitrogens with zero attached hydrogens (tertiary/aromatic N) is 2. The molecule has 0 spiro atoms. The molecular weight excluding hydrogens is 372 g/mol. The van der Waals surface area contributed by atoms with Crippen LogP contribution in [0.1, 0.15) is 40.7 Å². The van der Waals surface area contributed by atoms with Gasteiger partial charge in [0.1, 0.15) is 5.52 Å². The maximum Gasteiger partial charge on any atom is 0.284 e. The van der Waals surface area contributed by atoms with Gasteiger partial charge in [0.25, 0.3) is 11.8 Å². The van der Waals surface area contributed by atoms with E-state index < -0.39 is 21.7 Å². The molecule has 2 aromatic heterocycles. The average Bonchev–Trinajstić information content (AvgIpc) is 3.28. The number of amides is 2. The van der Waals surface area contributed by atoms with Gasteiger partial charge in [-0.15, -0.1) is 0 Å². The number of imidazole rings is 2. The monoisotopic (exact) mass is 390 g/mol. The van der Waals surface area contributed by atoms with Crippen LogP contribution in [0, 0.1) is 0 Å². The summed E-state index contributed by atoms with van der Waals surface area (Å²) >= 11 is 0. The number of nitrogens with two attached hydrogens (primary N) is 1. The molecule has 0 aliphatic rings. The van der Waals surface area contributed by atoms with Gasteiger partial charge >= 0.3 is 0 Å². The summed E-state index contributed by atoms with van der Waals surface area (Å²) in [4.78, 5) is 37.4. The smallest absolute Gasteiger partial charge is 0.284 e. The number of primary amides is 1. The summed E-state index contributed by atoms with van der Waals surface area (Å²) < 4.78 is 25.2. The van der Waals surface area contributed by atoms with E-state index >= 15 is 0 Å². The summed E-state index contributed by atoms with van der Waals surface area (Å²) in [6, 6.07) is 2.60. The minimum Gasteiger partial charge on any atom is -0.363 e. The average molecular weight is 390 g/mol. The summed E-state index contributed by atoms with van der Waals surface area (Å²) in [5.41, 5.74) is 5.59. The van der Waals surface area contributed by atoms with E-state index in [2.05, 4.69) is 25.3 Å². The van der Waals surface area contributed by atoms with Crippen LogP contribution in [0.2, 0.25) is 0 Å². The molecule has 0 aliphatic heterocycles. The number of anilines is 1. The molecule has 0 aliphatic carbocycles. The number of nitrogens with one attached hydrogen (secondary N) is 3. The number of aromatic nitrogens is 4. The number of unbranched alkanes of at least 4 members (excludes halogenated alkanes) is 1. The zero-order valence-electron chi connectivity index (χ0n) is 14.4. The molecule has 0 bridgehead atoms. The SMILES string of the molecule is CCCCS(=O)(=O)c1cc(C(=O)Nc2ncc[nH]2)c2nc(C(N)=O)[nH]c2c1. The number of carbonyl (C=O) groups excluding carboxylic acids is 2. The van der Waals surface area contributed by atoms with Gasteiger partial charge in [0, 0.05) is 12.4 Å². The van der Waals surface area contributed by atoms with E-state index in [0.717, 1.165) is 0 Å². The van der Waals surface area contributed by atoms with Gasteiger partial charge in [0.2, 0.25) is 5.95 Å².